The molecule has 0 radical (unpaired) electrons. The highest BCUT2D eigenvalue weighted by molar-refractivity contribution is 5.80. The predicted octanol–water partition coefficient (Wildman–Crippen LogP) is 3.60. The molecule has 7 heteroatoms. The number of benzene rings is 1. The Morgan fingerprint density at radius 1 is 1.22 bits per heavy atom. The molecule has 3 N–H and O–H groups in total. The van der Waals surface area contributed by atoms with E-state index in [1.54, 1.807) is 4.90 Å². The zero-order chi connectivity index (χ0) is 19.6. The fraction of sp³-hybridized carbons (Fsp3) is 0.650. The van der Waals surface area contributed by atoms with Gasteiger partial charge < -0.3 is 16.0 Å². The number of rotatable bonds is 4. The largest absolute Gasteiger partial charge is 0.416 e. The predicted molar refractivity (Wildman–Crippen MR) is 99.1 cm³/mol. The summed E-state index contributed by atoms with van der Waals surface area (Å²) in [6, 6.07) is 3.86. The van der Waals surface area contributed by atoms with Gasteiger partial charge in [0, 0.05) is 24.8 Å². The first-order chi connectivity index (χ1) is 12.8. The summed E-state index contributed by atoms with van der Waals surface area (Å²) in [6.07, 6.45) is 2.30. The molecule has 1 aliphatic heterocycles. The zero-order valence-corrected chi connectivity index (χ0v) is 15.7. The second-order valence-electron chi connectivity index (χ2n) is 7.81. The van der Waals surface area contributed by atoms with Gasteiger partial charge in [-0.05, 0) is 55.8 Å². The maximum absolute atomic E-state index is 12.8. The number of nitrogen functional groups attached to an aromatic ring is 1. The van der Waals surface area contributed by atoms with E-state index in [1.807, 2.05) is 7.05 Å². The molecule has 1 aromatic rings. The Hall–Kier alpha value is -1.76. The summed E-state index contributed by atoms with van der Waals surface area (Å²) in [7, 11) is 1.82. The van der Waals surface area contributed by atoms with Gasteiger partial charge in [-0.25, -0.2) is 0 Å². The third kappa shape index (κ3) is 4.57. The smallest absolute Gasteiger partial charge is 0.398 e. The number of likely N-dealkylation sites (N-methyl/N-ethyl adjacent to an activating group) is 1. The second-order valence-corrected chi connectivity index (χ2v) is 7.81. The summed E-state index contributed by atoms with van der Waals surface area (Å²) in [5.74, 6) is 0.358. The van der Waals surface area contributed by atoms with Gasteiger partial charge in [-0.15, -0.1) is 0 Å². The van der Waals surface area contributed by atoms with Crippen molar-refractivity contribution in [3.8, 4) is 0 Å². The number of nitrogens with two attached hydrogens (primary N) is 1. The van der Waals surface area contributed by atoms with Gasteiger partial charge in [0.25, 0.3) is 0 Å². The number of hydrogen-bond acceptors (Lipinski definition) is 3. The standard InChI is InChI=1S/C20H28F3N3O/c1-26(18-7-3-2-5-15(18)17-6-4-10-25-17)19(27)11-13-8-9-14(12-16(13)24)20(21,22)23/h8-9,12,15,17-18,25H,2-7,10-11,24H2,1H3. The monoisotopic (exact) mass is 383 g/mol. The van der Waals surface area contributed by atoms with Crippen molar-refractivity contribution in [3.05, 3.63) is 29.3 Å². The van der Waals surface area contributed by atoms with Crippen LogP contribution >= 0.6 is 0 Å². The van der Waals surface area contributed by atoms with Crippen molar-refractivity contribution in [3.63, 3.8) is 0 Å². The number of alkyl halides is 3. The van der Waals surface area contributed by atoms with Crippen LogP contribution in [-0.4, -0.2) is 36.5 Å². The van der Waals surface area contributed by atoms with Crippen LogP contribution in [-0.2, 0) is 17.4 Å². The number of anilines is 1. The fourth-order valence-corrected chi connectivity index (χ4v) is 4.57. The lowest BCUT2D eigenvalue weighted by molar-refractivity contribution is -0.137. The van der Waals surface area contributed by atoms with Crippen LogP contribution in [0.15, 0.2) is 18.2 Å². The highest BCUT2D eigenvalue weighted by Crippen LogP contribution is 2.34. The van der Waals surface area contributed by atoms with E-state index in [9.17, 15) is 18.0 Å². The Morgan fingerprint density at radius 2 is 1.96 bits per heavy atom. The maximum Gasteiger partial charge on any atom is 0.416 e. The van der Waals surface area contributed by atoms with Crippen molar-refractivity contribution < 1.29 is 18.0 Å². The van der Waals surface area contributed by atoms with E-state index >= 15 is 0 Å². The Balaban J connectivity index is 1.69. The Bertz CT molecular complexity index is 671. The molecule has 27 heavy (non-hydrogen) atoms. The average Bonchev–Trinajstić information content (AvgIpc) is 3.16. The molecule has 0 bridgehead atoms. The molecule has 3 atom stereocenters. The third-order valence-electron chi connectivity index (χ3n) is 6.10. The number of carbonyl (C=O) groups is 1. The Labute approximate surface area is 158 Å². The summed E-state index contributed by atoms with van der Waals surface area (Å²) in [4.78, 5) is 14.6. The van der Waals surface area contributed by atoms with E-state index in [1.165, 1.54) is 18.9 Å². The van der Waals surface area contributed by atoms with Gasteiger partial charge in [0.2, 0.25) is 5.91 Å². The molecule has 2 fully saturated rings. The highest BCUT2D eigenvalue weighted by atomic mass is 19.4. The molecular weight excluding hydrogens is 355 g/mol. The molecule has 150 valence electrons. The summed E-state index contributed by atoms with van der Waals surface area (Å²) in [6.45, 7) is 1.04. The molecule has 0 aromatic heterocycles. The van der Waals surface area contributed by atoms with Gasteiger partial charge in [-0.3, -0.25) is 4.79 Å². The molecule has 1 saturated carbocycles. The first-order valence-corrected chi connectivity index (χ1v) is 9.72. The van der Waals surface area contributed by atoms with E-state index in [-0.39, 0.29) is 24.1 Å². The van der Waals surface area contributed by atoms with Crippen LogP contribution in [0.4, 0.5) is 18.9 Å². The lowest BCUT2D eigenvalue weighted by Gasteiger charge is -2.41. The molecule has 1 saturated heterocycles. The third-order valence-corrected chi connectivity index (χ3v) is 6.10. The lowest BCUT2D eigenvalue weighted by Crippen LogP contribution is -2.50. The van der Waals surface area contributed by atoms with E-state index in [4.69, 9.17) is 5.73 Å². The van der Waals surface area contributed by atoms with Crippen LogP contribution in [0.3, 0.4) is 0 Å². The SMILES string of the molecule is CN(C(=O)Cc1ccc(C(F)(F)F)cc1N)C1CCCCC1C1CCCN1. The van der Waals surface area contributed by atoms with Crippen molar-refractivity contribution in [2.24, 2.45) is 5.92 Å². The maximum atomic E-state index is 12.8. The minimum Gasteiger partial charge on any atom is -0.398 e. The molecule has 1 heterocycles. The van der Waals surface area contributed by atoms with Gasteiger partial charge in [0.1, 0.15) is 0 Å². The number of amides is 1. The highest BCUT2D eigenvalue weighted by Gasteiger charge is 2.37. The van der Waals surface area contributed by atoms with Crippen molar-refractivity contribution in [2.75, 3.05) is 19.3 Å². The van der Waals surface area contributed by atoms with E-state index in [0.717, 1.165) is 44.4 Å². The van der Waals surface area contributed by atoms with Crippen LogP contribution in [0, 0.1) is 5.92 Å². The van der Waals surface area contributed by atoms with Gasteiger partial charge in [-0.2, -0.15) is 13.2 Å². The normalized spacial score (nSPS) is 26.1. The van der Waals surface area contributed by atoms with Gasteiger partial charge >= 0.3 is 6.18 Å². The van der Waals surface area contributed by atoms with Gasteiger partial charge in [0.05, 0.1) is 12.0 Å². The Kier molecular flexibility index (Phi) is 5.99. The molecule has 3 rings (SSSR count). The minimum atomic E-state index is -4.43. The molecule has 1 aliphatic carbocycles. The van der Waals surface area contributed by atoms with E-state index in [0.29, 0.717) is 17.5 Å². The second kappa shape index (κ2) is 8.09. The summed E-state index contributed by atoms with van der Waals surface area (Å²) in [5, 5.41) is 3.56. The first kappa shape index (κ1) is 20.0. The fourth-order valence-electron chi connectivity index (χ4n) is 4.57. The first-order valence-electron chi connectivity index (χ1n) is 9.72. The molecular formula is C20H28F3N3O. The number of hydrogen-bond donors (Lipinski definition) is 2. The van der Waals surface area contributed by atoms with Crippen LogP contribution < -0.4 is 11.1 Å². The van der Waals surface area contributed by atoms with Crippen molar-refractivity contribution in [1.29, 1.82) is 0 Å². The average molecular weight is 383 g/mol. The van der Waals surface area contributed by atoms with Crippen molar-refractivity contribution in [2.45, 2.75) is 63.2 Å². The lowest BCUT2D eigenvalue weighted by atomic mass is 9.78. The van der Waals surface area contributed by atoms with Gasteiger partial charge in [0.15, 0.2) is 0 Å². The molecule has 4 nitrogen and oxygen atoms in total. The molecule has 0 spiro atoms. The molecule has 1 aromatic carbocycles. The van der Waals surface area contributed by atoms with E-state index < -0.39 is 11.7 Å². The number of carbonyl (C=O) groups excluding carboxylic acids is 1. The summed E-state index contributed by atoms with van der Waals surface area (Å²) in [5.41, 5.74) is 5.47. The van der Waals surface area contributed by atoms with Crippen molar-refractivity contribution >= 4 is 11.6 Å². The number of halogens is 3. The van der Waals surface area contributed by atoms with Gasteiger partial charge in [-0.1, -0.05) is 18.9 Å². The van der Waals surface area contributed by atoms with Crippen LogP contribution in [0.5, 0.6) is 0 Å². The van der Waals surface area contributed by atoms with E-state index in [2.05, 4.69) is 5.32 Å². The Morgan fingerprint density at radius 3 is 2.59 bits per heavy atom. The number of nitrogens with one attached hydrogen (secondary N) is 1. The topological polar surface area (TPSA) is 58.4 Å². The summed E-state index contributed by atoms with van der Waals surface area (Å²) < 4.78 is 38.4. The van der Waals surface area contributed by atoms with Crippen LogP contribution in [0.2, 0.25) is 0 Å². The molecule has 2 aliphatic rings. The molecule has 3 unspecified atom stereocenters. The summed E-state index contributed by atoms with van der Waals surface area (Å²) >= 11 is 0. The van der Waals surface area contributed by atoms with Crippen molar-refractivity contribution in [1.82, 2.24) is 10.2 Å². The number of nitrogens with zero attached hydrogens (tertiary/aromatic N) is 1. The van der Waals surface area contributed by atoms with Crippen LogP contribution in [0.1, 0.15) is 49.7 Å². The minimum absolute atomic E-state index is 0.0178. The quantitative estimate of drug-likeness (QED) is 0.781. The van der Waals surface area contributed by atoms with Crippen LogP contribution in [0.25, 0.3) is 0 Å². The zero-order valence-electron chi connectivity index (χ0n) is 15.7. The molecule has 1 amide bonds.